The third kappa shape index (κ3) is 3.76. The van der Waals surface area contributed by atoms with Gasteiger partial charge in [0, 0.05) is 12.1 Å². The Morgan fingerprint density at radius 2 is 2.00 bits per heavy atom. The number of benzene rings is 2. The van der Waals surface area contributed by atoms with Crippen molar-refractivity contribution >= 4 is 5.69 Å². The summed E-state index contributed by atoms with van der Waals surface area (Å²) in [5, 5.41) is 10.7. The Balaban J connectivity index is 2.16. The molecule has 2 aromatic carbocycles. The van der Waals surface area contributed by atoms with Crippen LogP contribution >= 0.6 is 0 Å². The Kier molecular flexibility index (Phi) is 4.84. The normalized spacial score (nSPS) is 10.4. The standard InChI is InChI=1S/C15H15FN2O3/c16-14-6-2-4-12(7-8-17)15(14)21-10-11-3-1-5-13(9-11)18(19)20/h1-6,9H,7-8,10,17H2. The predicted octanol–water partition coefficient (Wildman–Crippen LogP) is 2.81. The zero-order valence-corrected chi connectivity index (χ0v) is 11.3. The quantitative estimate of drug-likeness (QED) is 0.655. The van der Waals surface area contributed by atoms with E-state index in [2.05, 4.69) is 0 Å². The number of ether oxygens (including phenoxy) is 1. The highest BCUT2D eigenvalue weighted by Crippen LogP contribution is 2.24. The molecule has 0 aliphatic rings. The van der Waals surface area contributed by atoms with Gasteiger partial charge in [0.25, 0.3) is 5.69 Å². The van der Waals surface area contributed by atoms with E-state index in [0.29, 0.717) is 24.1 Å². The van der Waals surface area contributed by atoms with Gasteiger partial charge in [-0.3, -0.25) is 10.1 Å². The van der Waals surface area contributed by atoms with Crippen LogP contribution in [0.3, 0.4) is 0 Å². The molecule has 0 aliphatic carbocycles. The molecule has 21 heavy (non-hydrogen) atoms. The van der Waals surface area contributed by atoms with Gasteiger partial charge in [0.15, 0.2) is 11.6 Å². The second kappa shape index (κ2) is 6.81. The molecule has 2 rings (SSSR count). The first-order valence-electron chi connectivity index (χ1n) is 6.45. The number of hydrogen-bond acceptors (Lipinski definition) is 4. The molecule has 0 amide bonds. The van der Waals surface area contributed by atoms with Crippen LogP contribution in [0.5, 0.6) is 5.75 Å². The zero-order chi connectivity index (χ0) is 15.2. The number of halogens is 1. The SMILES string of the molecule is NCCc1cccc(F)c1OCc1cccc([N+](=O)[O-])c1. The monoisotopic (exact) mass is 290 g/mol. The maximum atomic E-state index is 13.8. The Hall–Kier alpha value is -2.47. The molecule has 0 saturated heterocycles. The van der Waals surface area contributed by atoms with Crippen LogP contribution in [0.15, 0.2) is 42.5 Å². The van der Waals surface area contributed by atoms with E-state index >= 15 is 0 Å². The minimum Gasteiger partial charge on any atom is -0.486 e. The zero-order valence-electron chi connectivity index (χ0n) is 11.3. The maximum absolute atomic E-state index is 13.8. The number of nitro benzene ring substituents is 1. The van der Waals surface area contributed by atoms with Gasteiger partial charge < -0.3 is 10.5 Å². The van der Waals surface area contributed by atoms with Gasteiger partial charge in [0.1, 0.15) is 6.61 Å². The van der Waals surface area contributed by atoms with Crippen molar-refractivity contribution in [2.45, 2.75) is 13.0 Å². The molecule has 0 aliphatic heterocycles. The first-order chi connectivity index (χ1) is 10.1. The number of nitrogens with two attached hydrogens (primary N) is 1. The summed E-state index contributed by atoms with van der Waals surface area (Å²) < 4.78 is 19.3. The summed E-state index contributed by atoms with van der Waals surface area (Å²) in [6, 6.07) is 10.7. The molecule has 0 heterocycles. The van der Waals surface area contributed by atoms with Gasteiger partial charge in [0.05, 0.1) is 4.92 Å². The van der Waals surface area contributed by atoms with Crippen molar-refractivity contribution in [1.29, 1.82) is 0 Å². The number of para-hydroxylation sites is 1. The summed E-state index contributed by atoms with van der Waals surface area (Å²) in [5.41, 5.74) is 6.75. The molecular weight excluding hydrogens is 275 g/mol. The van der Waals surface area contributed by atoms with E-state index in [4.69, 9.17) is 10.5 Å². The first-order valence-corrected chi connectivity index (χ1v) is 6.45. The minimum absolute atomic E-state index is 0.0215. The number of rotatable bonds is 6. The van der Waals surface area contributed by atoms with Crippen LogP contribution in [0.1, 0.15) is 11.1 Å². The summed E-state index contributed by atoms with van der Waals surface area (Å²) >= 11 is 0. The molecule has 110 valence electrons. The van der Waals surface area contributed by atoms with Gasteiger partial charge in [-0.05, 0) is 30.2 Å². The predicted molar refractivity (Wildman–Crippen MR) is 76.6 cm³/mol. The van der Waals surface area contributed by atoms with Gasteiger partial charge in [-0.1, -0.05) is 24.3 Å². The molecule has 0 spiro atoms. The van der Waals surface area contributed by atoms with Gasteiger partial charge >= 0.3 is 0 Å². The first kappa shape index (κ1) is 14.9. The van der Waals surface area contributed by atoms with E-state index in [9.17, 15) is 14.5 Å². The topological polar surface area (TPSA) is 78.4 Å². The van der Waals surface area contributed by atoms with E-state index in [1.54, 1.807) is 24.3 Å². The summed E-state index contributed by atoms with van der Waals surface area (Å²) in [6.45, 7) is 0.441. The lowest BCUT2D eigenvalue weighted by atomic mass is 10.1. The number of nitrogens with zero attached hydrogens (tertiary/aromatic N) is 1. The highest BCUT2D eigenvalue weighted by Gasteiger charge is 2.11. The highest BCUT2D eigenvalue weighted by atomic mass is 19.1. The van der Waals surface area contributed by atoms with Crippen molar-refractivity contribution in [3.05, 3.63) is 69.5 Å². The average Bonchev–Trinajstić information content (AvgIpc) is 2.47. The van der Waals surface area contributed by atoms with Crippen molar-refractivity contribution < 1.29 is 14.1 Å². The molecule has 2 aromatic rings. The lowest BCUT2D eigenvalue weighted by molar-refractivity contribution is -0.384. The third-order valence-electron chi connectivity index (χ3n) is 2.97. The summed E-state index contributed by atoms with van der Waals surface area (Å²) in [6.07, 6.45) is 0.502. The smallest absolute Gasteiger partial charge is 0.269 e. The minimum atomic E-state index is -0.480. The van der Waals surface area contributed by atoms with Crippen LogP contribution in [0.4, 0.5) is 10.1 Å². The Morgan fingerprint density at radius 1 is 1.24 bits per heavy atom. The molecule has 0 saturated carbocycles. The summed E-state index contributed by atoms with van der Waals surface area (Å²) in [4.78, 5) is 10.2. The van der Waals surface area contributed by atoms with Crippen molar-refractivity contribution in [3.63, 3.8) is 0 Å². The molecule has 0 radical (unpaired) electrons. The molecule has 2 N–H and O–H groups in total. The van der Waals surface area contributed by atoms with Crippen LogP contribution in [0, 0.1) is 15.9 Å². The molecule has 6 heteroatoms. The molecule has 0 unspecified atom stereocenters. The van der Waals surface area contributed by atoms with Gasteiger partial charge in [-0.25, -0.2) is 4.39 Å². The fraction of sp³-hybridized carbons (Fsp3) is 0.200. The van der Waals surface area contributed by atoms with Crippen LogP contribution in [-0.2, 0) is 13.0 Å². The second-order valence-electron chi connectivity index (χ2n) is 4.48. The van der Waals surface area contributed by atoms with E-state index < -0.39 is 10.7 Å². The average molecular weight is 290 g/mol. The van der Waals surface area contributed by atoms with Crippen molar-refractivity contribution in [1.82, 2.24) is 0 Å². The fourth-order valence-electron chi connectivity index (χ4n) is 1.98. The van der Waals surface area contributed by atoms with E-state index in [-0.39, 0.29) is 18.0 Å². The van der Waals surface area contributed by atoms with E-state index in [1.807, 2.05) is 0 Å². The number of hydrogen-bond donors (Lipinski definition) is 1. The third-order valence-corrected chi connectivity index (χ3v) is 2.97. The van der Waals surface area contributed by atoms with Crippen molar-refractivity contribution in [2.24, 2.45) is 5.73 Å². The van der Waals surface area contributed by atoms with Gasteiger partial charge in [-0.15, -0.1) is 0 Å². The second-order valence-corrected chi connectivity index (χ2v) is 4.48. The van der Waals surface area contributed by atoms with Crippen LogP contribution in [0.25, 0.3) is 0 Å². The molecule has 0 fully saturated rings. The lowest BCUT2D eigenvalue weighted by Crippen LogP contribution is -2.07. The fourth-order valence-corrected chi connectivity index (χ4v) is 1.98. The van der Waals surface area contributed by atoms with E-state index in [0.717, 1.165) is 0 Å². The Labute approximate surface area is 121 Å². The maximum Gasteiger partial charge on any atom is 0.269 e. The summed E-state index contributed by atoms with van der Waals surface area (Å²) in [7, 11) is 0. The van der Waals surface area contributed by atoms with Crippen molar-refractivity contribution in [3.8, 4) is 5.75 Å². The lowest BCUT2D eigenvalue weighted by Gasteiger charge is -2.12. The molecule has 0 atom stereocenters. The van der Waals surface area contributed by atoms with Gasteiger partial charge in [0.2, 0.25) is 0 Å². The highest BCUT2D eigenvalue weighted by molar-refractivity contribution is 5.37. The van der Waals surface area contributed by atoms with Crippen LogP contribution in [0.2, 0.25) is 0 Å². The summed E-state index contributed by atoms with van der Waals surface area (Å²) in [5.74, 6) is -0.319. The number of nitro groups is 1. The Bertz CT molecular complexity index is 647. The van der Waals surface area contributed by atoms with E-state index in [1.165, 1.54) is 18.2 Å². The van der Waals surface area contributed by atoms with Gasteiger partial charge in [-0.2, -0.15) is 0 Å². The molecular formula is C15H15FN2O3. The Morgan fingerprint density at radius 3 is 2.71 bits per heavy atom. The molecule has 5 nitrogen and oxygen atoms in total. The van der Waals surface area contributed by atoms with Crippen molar-refractivity contribution in [2.75, 3.05) is 6.54 Å². The molecule has 0 bridgehead atoms. The number of non-ortho nitro benzene ring substituents is 1. The largest absolute Gasteiger partial charge is 0.486 e. The molecule has 0 aromatic heterocycles. The van der Waals surface area contributed by atoms with Crippen LogP contribution < -0.4 is 10.5 Å². The van der Waals surface area contributed by atoms with Crippen LogP contribution in [-0.4, -0.2) is 11.5 Å².